The zero-order valence-electron chi connectivity index (χ0n) is 13.0. The number of fused-ring (bicyclic) bond motifs is 1. The van der Waals surface area contributed by atoms with Gasteiger partial charge in [-0.1, -0.05) is 24.3 Å². The lowest BCUT2D eigenvalue weighted by Gasteiger charge is -2.11. The van der Waals surface area contributed by atoms with Crippen LogP contribution in [-0.2, 0) is 6.54 Å². The maximum atomic E-state index is 6.01. The van der Waals surface area contributed by atoms with E-state index in [9.17, 15) is 0 Å². The molecule has 3 aromatic rings. The van der Waals surface area contributed by atoms with Gasteiger partial charge in [0.1, 0.15) is 5.69 Å². The molecule has 0 amide bonds. The number of nitrogens with two attached hydrogens (primary N) is 3. The summed E-state index contributed by atoms with van der Waals surface area (Å²) in [5.41, 5.74) is 20.7. The highest BCUT2D eigenvalue weighted by atomic mass is 15.1. The maximum Gasteiger partial charge on any atom is 0.224 e. The van der Waals surface area contributed by atoms with Gasteiger partial charge in [-0.25, -0.2) is 9.97 Å². The molecule has 6 N–H and O–H groups in total. The lowest BCUT2D eigenvalue weighted by atomic mass is 10.1. The average Bonchev–Trinajstić information content (AvgIpc) is 2.47. The molecule has 2 heterocycles. The van der Waals surface area contributed by atoms with E-state index in [1.165, 1.54) is 5.56 Å². The Hall–Kier alpha value is -3.00. The van der Waals surface area contributed by atoms with Gasteiger partial charge in [-0.3, -0.25) is 0 Å². The molecule has 1 aromatic carbocycles. The highest BCUT2D eigenvalue weighted by Crippen LogP contribution is 2.26. The second-order valence-electron chi connectivity index (χ2n) is 5.53. The Morgan fingerprint density at radius 1 is 0.870 bits per heavy atom. The van der Waals surface area contributed by atoms with Crippen LogP contribution in [0.5, 0.6) is 0 Å². The van der Waals surface area contributed by atoms with Gasteiger partial charge in [0.2, 0.25) is 5.95 Å². The monoisotopic (exact) mass is 310 g/mol. The van der Waals surface area contributed by atoms with Crippen LogP contribution in [0.25, 0.3) is 22.4 Å². The topological polar surface area (TPSA) is 133 Å². The van der Waals surface area contributed by atoms with Crippen LogP contribution in [0.15, 0.2) is 24.3 Å². The van der Waals surface area contributed by atoms with Crippen LogP contribution < -0.4 is 17.2 Å². The first-order valence-corrected chi connectivity index (χ1v) is 7.04. The summed E-state index contributed by atoms with van der Waals surface area (Å²) >= 11 is 0. The SMILES string of the molecule is CN(C)Cc1ccc(-c2nc3c(N)nc(N)nc3nc2N)cc1. The van der Waals surface area contributed by atoms with E-state index in [0.29, 0.717) is 16.9 Å². The predicted molar refractivity (Wildman–Crippen MR) is 91.2 cm³/mol. The summed E-state index contributed by atoms with van der Waals surface area (Å²) in [6.07, 6.45) is 0. The molecule has 8 nitrogen and oxygen atoms in total. The van der Waals surface area contributed by atoms with E-state index >= 15 is 0 Å². The van der Waals surface area contributed by atoms with Crippen molar-refractivity contribution in [3.8, 4) is 11.3 Å². The van der Waals surface area contributed by atoms with Crippen molar-refractivity contribution in [1.82, 2.24) is 24.8 Å². The van der Waals surface area contributed by atoms with E-state index in [1.54, 1.807) is 0 Å². The molecular formula is C15H18N8. The molecule has 8 heteroatoms. The number of nitrogens with zero attached hydrogens (tertiary/aromatic N) is 5. The minimum Gasteiger partial charge on any atom is -0.382 e. The number of hydrogen-bond acceptors (Lipinski definition) is 8. The van der Waals surface area contributed by atoms with E-state index in [1.807, 2.05) is 38.4 Å². The van der Waals surface area contributed by atoms with Gasteiger partial charge in [-0.05, 0) is 19.7 Å². The second kappa shape index (κ2) is 5.65. The number of aromatic nitrogens is 4. The molecule has 0 fully saturated rings. The van der Waals surface area contributed by atoms with Crippen molar-refractivity contribution >= 4 is 28.7 Å². The van der Waals surface area contributed by atoms with Gasteiger partial charge in [-0.15, -0.1) is 0 Å². The van der Waals surface area contributed by atoms with Crippen molar-refractivity contribution in [2.24, 2.45) is 0 Å². The minimum absolute atomic E-state index is 0.0458. The minimum atomic E-state index is 0.0458. The number of nitrogen functional groups attached to an aromatic ring is 3. The van der Waals surface area contributed by atoms with Gasteiger partial charge in [0.15, 0.2) is 22.8 Å². The summed E-state index contributed by atoms with van der Waals surface area (Å²) in [4.78, 5) is 18.7. The molecule has 0 bridgehead atoms. The Balaban J connectivity index is 2.07. The Morgan fingerprint density at radius 2 is 1.57 bits per heavy atom. The molecule has 0 aliphatic heterocycles. The zero-order chi connectivity index (χ0) is 16.6. The number of rotatable bonds is 3. The van der Waals surface area contributed by atoms with Gasteiger partial charge in [0, 0.05) is 12.1 Å². The average molecular weight is 310 g/mol. The standard InChI is InChI=1S/C15H18N8/c1-23(2)7-8-3-5-9(6-4-8)10-12(16)20-14-11(19-10)13(17)21-15(18)22-14/h3-6H,7H2,1-2H3,(H6,16,17,18,20,21,22). The lowest BCUT2D eigenvalue weighted by Crippen LogP contribution is -2.10. The molecule has 0 atom stereocenters. The third-order valence-corrected chi connectivity index (χ3v) is 3.33. The molecule has 0 saturated heterocycles. The summed E-state index contributed by atoms with van der Waals surface area (Å²) in [6, 6.07) is 7.98. The molecule has 0 spiro atoms. The summed E-state index contributed by atoms with van der Waals surface area (Å²) in [7, 11) is 4.05. The summed E-state index contributed by atoms with van der Waals surface area (Å²) in [5, 5.41) is 0. The molecule has 3 rings (SSSR count). The maximum absolute atomic E-state index is 6.01. The van der Waals surface area contributed by atoms with Crippen molar-refractivity contribution < 1.29 is 0 Å². The molecule has 0 radical (unpaired) electrons. The first-order valence-electron chi connectivity index (χ1n) is 7.04. The highest BCUT2D eigenvalue weighted by molar-refractivity contribution is 5.87. The van der Waals surface area contributed by atoms with E-state index in [0.717, 1.165) is 12.1 Å². The van der Waals surface area contributed by atoms with Crippen LogP contribution >= 0.6 is 0 Å². The van der Waals surface area contributed by atoms with E-state index in [4.69, 9.17) is 17.2 Å². The van der Waals surface area contributed by atoms with Crippen LogP contribution in [0.1, 0.15) is 5.56 Å². The molecule has 0 aliphatic carbocycles. The molecule has 118 valence electrons. The Bertz CT molecular complexity index is 857. The molecule has 0 unspecified atom stereocenters. The van der Waals surface area contributed by atoms with E-state index < -0.39 is 0 Å². The van der Waals surface area contributed by atoms with Crippen molar-refractivity contribution in [1.29, 1.82) is 0 Å². The number of anilines is 3. The van der Waals surface area contributed by atoms with Gasteiger partial charge >= 0.3 is 0 Å². The first kappa shape index (κ1) is 14.9. The number of hydrogen-bond donors (Lipinski definition) is 3. The van der Waals surface area contributed by atoms with Gasteiger partial charge in [-0.2, -0.15) is 9.97 Å². The molecule has 2 aromatic heterocycles. The van der Waals surface area contributed by atoms with Crippen molar-refractivity contribution in [3.63, 3.8) is 0 Å². The van der Waals surface area contributed by atoms with Crippen molar-refractivity contribution in [2.75, 3.05) is 31.3 Å². The Morgan fingerprint density at radius 3 is 2.22 bits per heavy atom. The van der Waals surface area contributed by atoms with Crippen LogP contribution in [0.4, 0.5) is 17.6 Å². The first-order chi connectivity index (χ1) is 10.9. The van der Waals surface area contributed by atoms with Crippen LogP contribution in [0, 0.1) is 0 Å². The fourth-order valence-electron chi connectivity index (χ4n) is 2.34. The van der Waals surface area contributed by atoms with Crippen LogP contribution in [-0.4, -0.2) is 38.9 Å². The zero-order valence-corrected chi connectivity index (χ0v) is 13.0. The fraction of sp³-hybridized carbons (Fsp3) is 0.200. The van der Waals surface area contributed by atoms with Gasteiger partial charge in [0.25, 0.3) is 0 Å². The Kier molecular flexibility index (Phi) is 3.67. The third-order valence-electron chi connectivity index (χ3n) is 3.33. The van der Waals surface area contributed by atoms with Crippen LogP contribution in [0.3, 0.4) is 0 Å². The van der Waals surface area contributed by atoms with Gasteiger partial charge in [0.05, 0.1) is 0 Å². The predicted octanol–water partition coefficient (Wildman–Crippen LogP) is 0.895. The lowest BCUT2D eigenvalue weighted by molar-refractivity contribution is 0.402. The van der Waals surface area contributed by atoms with E-state index in [2.05, 4.69) is 24.8 Å². The molecule has 0 saturated carbocycles. The summed E-state index contributed by atoms with van der Waals surface area (Å²) < 4.78 is 0. The Labute approximate surface area is 133 Å². The smallest absolute Gasteiger partial charge is 0.224 e. The highest BCUT2D eigenvalue weighted by Gasteiger charge is 2.13. The summed E-state index contributed by atoms with van der Waals surface area (Å²) in [6.45, 7) is 0.860. The van der Waals surface area contributed by atoms with Crippen molar-refractivity contribution in [3.05, 3.63) is 29.8 Å². The molecule has 0 aliphatic rings. The fourth-order valence-corrected chi connectivity index (χ4v) is 2.34. The van der Waals surface area contributed by atoms with Gasteiger partial charge < -0.3 is 22.1 Å². The second-order valence-corrected chi connectivity index (χ2v) is 5.53. The molecule has 23 heavy (non-hydrogen) atoms. The normalized spacial score (nSPS) is 11.3. The number of benzene rings is 1. The quantitative estimate of drug-likeness (QED) is 0.649. The summed E-state index contributed by atoms with van der Waals surface area (Å²) in [5.74, 6) is 0.505. The molecular weight excluding hydrogens is 292 g/mol. The van der Waals surface area contributed by atoms with Crippen molar-refractivity contribution in [2.45, 2.75) is 6.54 Å². The third kappa shape index (κ3) is 2.97. The largest absolute Gasteiger partial charge is 0.382 e. The van der Waals surface area contributed by atoms with Crippen LogP contribution in [0.2, 0.25) is 0 Å². The van der Waals surface area contributed by atoms with E-state index in [-0.39, 0.29) is 17.6 Å².